The van der Waals surface area contributed by atoms with Gasteiger partial charge in [0.05, 0.1) is 0 Å². The zero-order valence-electron chi connectivity index (χ0n) is 13.6. The van der Waals surface area contributed by atoms with Gasteiger partial charge in [-0.3, -0.25) is 14.9 Å². The zero-order valence-corrected chi connectivity index (χ0v) is 13.6. The van der Waals surface area contributed by atoms with Crippen LogP contribution in [0.2, 0.25) is 0 Å². The molecule has 0 aliphatic heterocycles. The summed E-state index contributed by atoms with van der Waals surface area (Å²) < 4.78 is 0. The normalized spacial score (nSPS) is 7.67. The van der Waals surface area contributed by atoms with Crippen molar-refractivity contribution in [1.82, 2.24) is 5.32 Å². The Hall–Kier alpha value is -0.900. The van der Waals surface area contributed by atoms with Crippen molar-refractivity contribution < 1.29 is 9.59 Å². The minimum Gasteiger partial charge on any atom is -0.330 e. The van der Waals surface area contributed by atoms with Crippen LogP contribution in [0.1, 0.15) is 68.2 Å². The number of rotatable bonds is 2. The first kappa shape index (κ1) is 25.8. The molecule has 3 N–H and O–H groups in total. The van der Waals surface area contributed by atoms with Crippen LogP contribution in [0.3, 0.4) is 0 Å². The third kappa shape index (κ3) is 80.7. The molecule has 0 aromatic carbocycles. The summed E-state index contributed by atoms with van der Waals surface area (Å²) in [6.07, 6.45) is 2.40. The molecule has 0 aliphatic carbocycles. The summed E-state index contributed by atoms with van der Waals surface area (Å²) in [7, 11) is 0. The fourth-order valence-electron chi connectivity index (χ4n) is 0.581. The van der Waals surface area contributed by atoms with Gasteiger partial charge in [0.2, 0.25) is 11.8 Å². The second kappa shape index (κ2) is 25.1. The SMILES string of the molecule is CC.CC(=O)NC(C)=O.CC(C)CCN.CCC. The summed E-state index contributed by atoms with van der Waals surface area (Å²) in [4.78, 5) is 19.8. The van der Waals surface area contributed by atoms with Gasteiger partial charge in [-0.2, -0.15) is 0 Å². The Labute approximate surface area is 114 Å². The summed E-state index contributed by atoms with van der Waals surface area (Å²) in [6, 6.07) is 0. The van der Waals surface area contributed by atoms with E-state index < -0.39 is 0 Å². The van der Waals surface area contributed by atoms with E-state index in [1.54, 1.807) is 0 Å². The second-order valence-corrected chi connectivity index (χ2v) is 3.92. The molecule has 0 fully saturated rings. The van der Waals surface area contributed by atoms with Crippen molar-refractivity contribution in [2.45, 2.75) is 68.2 Å². The number of amides is 2. The third-order valence-corrected chi connectivity index (χ3v) is 1.10. The fraction of sp³-hybridized carbons (Fsp3) is 0.857. The molecular formula is C14H34N2O2. The minimum atomic E-state index is -0.312. The number of carbonyl (C=O) groups excluding carboxylic acids is 2. The van der Waals surface area contributed by atoms with E-state index in [9.17, 15) is 9.59 Å². The quantitative estimate of drug-likeness (QED) is 0.803. The summed E-state index contributed by atoms with van der Waals surface area (Å²) >= 11 is 0. The Morgan fingerprint density at radius 2 is 1.33 bits per heavy atom. The lowest BCUT2D eigenvalue weighted by Crippen LogP contribution is -2.24. The van der Waals surface area contributed by atoms with E-state index in [1.165, 1.54) is 20.3 Å². The summed E-state index contributed by atoms with van der Waals surface area (Å²) in [5, 5.41) is 2.03. The number of imide groups is 1. The molecule has 112 valence electrons. The fourth-order valence-corrected chi connectivity index (χ4v) is 0.581. The summed E-state index contributed by atoms with van der Waals surface area (Å²) in [6.45, 7) is 16.0. The molecule has 0 radical (unpaired) electrons. The second-order valence-electron chi connectivity index (χ2n) is 3.92. The van der Waals surface area contributed by atoms with Gasteiger partial charge >= 0.3 is 0 Å². The zero-order chi connectivity index (χ0) is 15.6. The van der Waals surface area contributed by atoms with E-state index in [0.29, 0.717) is 0 Å². The molecule has 0 saturated heterocycles. The third-order valence-electron chi connectivity index (χ3n) is 1.10. The number of hydrogen-bond acceptors (Lipinski definition) is 3. The summed E-state index contributed by atoms with van der Waals surface area (Å²) in [5.74, 6) is 0.148. The minimum absolute atomic E-state index is 0.312. The molecule has 0 unspecified atom stereocenters. The molecule has 0 spiro atoms. The Balaban J connectivity index is -0.0000000811. The van der Waals surface area contributed by atoms with Crippen LogP contribution in [0, 0.1) is 5.92 Å². The first-order valence-electron chi connectivity index (χ1n) is 6.79. The molecule has 0 bridgehead atoms. The maximum atomic E-state index is 9.92. The topological polar surface area (TPSA) is 72.2 Å². The highest BCUT2D eigenvalue weighted by atomic mass is 16.2. The Morgan fingerprint density at radius 1 is 1.06 bits per heavy atom. The van der Waals surface area contributed by atoms with Gasteiger partial charge in [-0.15, -0.1) is 0 Å². The molecule has 0 rings (SSSR count). The van der Waals surface area contributed by atoms with Crippen LogP contribution < -0.4 is 11.1 Å². The van der Waals surface area contributed by atoms with Gasteiger partial charge < -0.3 is 5.73 Å². The molecule has 2 amide bonds. The van der Waals surface area contributed by atoms with E-state index in [2.05, 4.69) is 27.7 Å². The molecule has 0 atom stereocenters. The summed E-state index contributed by atoms with van der Waals surface area (Å²) in [5.41, 5.74) is 5.23. The highest BCUT2D eigenvalue weighted by Crippen LogP contribution is 1.93. The van der Waals surface area contributed by atoms with Crippen molar-refractivity contribution in [2.75, 3.05) is 6.54 Å². The van der Waals surface area contributed by atoms with Crippen LogP contribution in [-0.4, -0.2) is 18.4 Å². The predicted molar refractivity (Wildman–Crippen MR) is 80.3 cm³/mol. The maximum absolute atomic E-state index is 9.92. The molecule has 4 heteroatoms. The van der Waals surface area contributed by atoms with Gasteiger partial charge in [0.15, 0.2) is 0 Å². The van der Waals surface area contributed by atoms with Crippen LogP contribution in [0.5, 0.6) is 0 Å². The van der Waals surface area contributed by atoms with E-state index in [1.807, 2.05) is 19.2 Å². The Kier molecular flexibility index (Phi) is 36.0. The lowest BCUT2D eigenvalue weighted by atomic mass is 10.1. The van der Waals surface area contributed by atoms with Gasteiger partial charge in [-0.05, 0) is 18.9 Å². The number of carbonyl (C=O) groups is 2. The van der Waals surface area contributed by atoms with Gasteiger partial charge in [0.1, 0.15) is 0 Å². The number of nitrogens with one attached hydrogen (secondary N) is 1. The largest absolute Gasteiger partial charge is 0.330 e. The van der Waals surface area contributed by atoms with Crippen molar-refractivity contribution in [2.24, 2.45) is 11.7 Å². The van der Waals surface area contributed by atoms with Crippen molar-refractivity contribution in [1.29, 1.82) is 0 Å². The van der Waals surface area contributed by atoms with Crippen LogP contribution in [0.4, 0.5) is 0 Å². The first-order chi connectivity index (χ1) is 8.31. The lowest BCUT2D eigenvalue weighted by molar-refractivity contribution is -0.127. The molecule has 0 aromatic rings. The van der Waals surface area contributed by atoms with Gasteiger partial charge in [0.25, 0.3) is 0 Å². The average Bonchev–Trinajstić information content (AvgIpc) is 2.20. The van der Waals surface area contributed by atoms with E-state index >= 15 is 0 Å². The van der Waals surface area contributed by atoms with Gasteiger partial charge in [0, 0.05) is 13.8 Å². The highest BCUT2D eigenvalue weighted by molar-refractivity contribution is 5.92. The van der Waals surface area contributed by atoms with E-state index in [0.717, 1.165) is 18.9 Å². The molecule has 0 saturated carbocycles. The van der Waals surface area contributed by atoms with Crippen molar-refractivity contribution in [3.8, 4) is 0 Å². The standard InChI is InChI=1S/C5H13N.C4H7NO2.C3H8.C2H6/c1-5(2)3-4-6;1-3(6)5-4(2)7;1-3-2;1-2/h5H,3-4,6H2,1-2H3;1-2H3,(H,5,6,7);3H2,1-2H3;1-2H3. The molecular weight excluding hydrogens is 228 g/mol. The Bertz CT molecular complexity index is 157. The van der Waals surface area contributed by atoms with Crippen LogP contribution in [0.25, 0.3) is 0 Å². The van der Waals surface area contributed by atoms with E-state index in [4.69, 9.17) is 5.73 Å². The number of hydrogen-bond donors (Lipinski definition) is 2. The van der Waals surface area contributed by atoms with Gasteiger partial charge in [-0.25, -0.2) is 0 Å². The van der Waals surface area contributed by atoms with Crippen molar-refractivity contribution in [3.63, 3.8) is 0 Å². The van der Waals surface area contributed by atoms with Crippen LogP contribution in [0.15, 0.2) is 0 Å². The molecule has 4 nitrogen and oxygen atoms in total. The molecule has 0 aromatic heterocycles. The van der Waals surface area contributed by atoms with Gasteiger partial charge in [-0.1, -0.05) is 48.0 Å². The molecule has 0 aliphatic rings. The average molecular weight is 262 g/mol. The molecule has 0 heterocycles. The van der Waals surface area contributed by atoms with Crippen molar-refractivity contribution in [3.05, 3.63) is 0 Å². The van der Waals surface area contributed by atoms with E-state index in [-0.39, 0.29) is 11.8 Å². The predicted octanol–water partition coefficient (Wildman–Crippen LogP) is 3.10. The smallest absolute Gasteiger partial charge is 0.223 e. The number of nitrogens with two attached hydrogens (primary N) is 1. The Morgan fingerprint density at radius 3 is 1.33 bits per heavy atom. The lowest BCUT2D eigenvalue weighted by Gasteiger charge is -1.96. The van der Waals surface area contributed by atoms with Crippen LogP contribution in [-0.2, 0) is 9.59 Å². The monoisotopic (exact) mass is 262 g/mol. The highest BCUT2D eigenvalue weighted by Gasteiger charge is 1.90. The molecule has 18 heavy (non-hydrogen) atoms. The van der Waals surface area contributed by atoms with Crippen molar-refractivity contribution >= 4 is 11.8 Å². The maximum Gasteiger partial charge on any atom is 0.223 e. The first-order valence-corrected chi connectivity index (χ1v) is 6.79. The van der Waals surface area contributed by atoms with Crippen LogP contribution >= 0.6 is 0 Å².